The van der Waals surface area contributed by atoms with E-state index in [-0.39, 0.29) is 17.4 Å². The van der Waals surface area contributed by atoms with Gasteiger partial charge in [0, 0.05) is 18.5 Å². The highest BCUT2D eigenvalue weighted by molar-refractivity contribution is 5.94. The fourth-order valence-electron chi connectivity index (χ4n) is 3.53. The van der Waals surface area contributed by atoms with E-state index in [0.717, 1.165) is 36.1 Å². The average Bonchev–Trinajstić information content (AvgIpc) is 2.77. The molecule has 2 aromatic rings. The molecular weight excluding hydrogens is 426 g/mol. The SMILES string of the molecule is CCCc1ccc(-c2ccccc2)c(NC(=O)NCCC(C)(C)CCC(=O)NOC(C)(C)C)c1. The number of hydrogen-bond acceptors (Lipinski definition) is 3. The topological polar surface area (TPSA) is 79.5 Å². The van der Waals surface area contributed by atoms with Gasteiger partial charge in [0.25, 0.3) is 0 Å². The molecule has 0 fully saturated rings. The molecule has 6 nitrogen and oxygen atoms in total. The first-order chi connectivity index (χ1) is 16.0. The van der Waals surface area contributed by atoms with Crippen LogP contribution in [0.15, 0.2) is 48.5 Å². The molecule has 0 heterocycles. The van der Waals surface area contributed by atoms with Gasteiger partial charge >= 0.3 is 6.03 Å². The van der Waals surface area contributed by atoms with E-state index in [9.17, 15) is 9.59 Å². The van der Waals surface area contributed by atoms with Crippen LogP contribution in [0, 0.1) is 5.41 Å². The third-order valence-corrected chi connectivity index (χ3v) is 5.54. The molecule has 0 radical (unpaired) electrons. The summed E-state index contributed by atoms with van der Waals surface area (Å²) < 4.78 is 0. The van der Waals surface area contributed by atoms with Gasteiger partial charge < -0.3 is 10.6 Å². The first kappa shape index (κ1) is 27.4. The van der Waals surface area contributed by atoms with Crippen LogP contribution in [0.5, 0.6) is 0 Å². The van der Waals surface area contributed by atoms with Crippen molar-refractivity contribution >= 4 is 17.6 Å². The molecule has 34 heavy (non-hydrogen) atoms. The van der Waals surface area contributed by atoms with Crippen molar-refractivity contribution in [2.45, 2.75) is 79.2 Å². The lowest BCUT2D eigenvalue weighted by atomic mass is 9.84. The van der Waals surface area contributed by atoms with Crippen LogP contribution in [-0.2, 0) is 16.1 Å². The fourth-order valence-corrected chi connectivity index (χ4v) is 3.53. The minimum Gasteiger partial charge on any atom is -0.338 e. The zero-order valence-electron chi connectivity index (χ0n) is 21.6. The van der Waals surface area contributed by atoms with E-state index in [4.69, 9.17) is 4.84 Å². The maximum Gasteiger partial charge on any atom is 0.319 e. The van der Waals surface area contributed by atoms with Gasteiger partial charge in [-0.2, -0.15) is 0 Å². The number of hydroxylamine groups is 1. The highest BCUT2D eigenvalue weighted by Gasteiger charge is 2.21. The van der Waals surface area contributed by atoms with Crippen molar-refractivity contribution in [2.24, 2.45) is 5.41 Å². The summed E-state index contributed by atoms with van der Waals surface area (Å²) >= 11 is 0. The molecule has 2 rings (SSSR count). The van der Waals surface area contributed by atoms with Crippen molar-refractivity contribution in [1.82, 2.24) is 10.8 Å². The van der Waals surface area contributed by atoms with E-state index in [1.165, 1.54) is 5.56 Å². The summed E-state index contributed by atoms with van der Waals surface area (Å²) in [6, 6.07) is 16.1. The van der Waals surface area contributed by atoms with Crippen molar-refractivity contribution in [3.63, 3.8) is 0 Å². The second-order valence-corrected chi connectivity index (χ2v) is 10.5. The summed E-state index contributed by atoms with van der Waals surface area (Å²) in [5.74, 6) is -0.130. The van der Waals surface area contributed by atoms with Gasteiger partial charge in [0.05, 0.1) is 11.3 Å². The Morgan fingerprint density at radius 1 is 0.941 bits per heavy atom. The molecule has 0 spiro atoms. The van der Waals surface area contributed by atoms with E-state index in [1.54, 1.807) is 0 Å². The first-order valence-corrected chi connectivity index (χ1v) is 12.2. The maximum atomic E-state index is 12.7. The van der Waals surface area contributed by atoms with Crippen LogP contribution in [0.3, 0.4) is 0 Å². The smallest absolute Gasteiger partial charge is 0.319 e. The van der Waals surface area contributed by atoms with Crippen LogP contribution in [0.2, 0.25) is 0 Å². The van der Waals surface area contributed by atoms with Gasteiger partial charge in [-0.05, 0) is 62.6 Å². The van der Waals surface area contributed by atoms with Crippen LogP contribution in [0.25, 0.3) is 11.1 Å². The number of carbonyl (C=O) groups is 2. The van der Waals surface area contributed by atoms with Crippen molar-refractivity contribution in [3.05, 3.63) is 54.1 Å². The number of anilines is 1. The largest absolute Gasteiger partial charge is 0.338 e. The molecule has 0 bridgehead atoms. The minimum absolute atomic E-state index is 0.0946. The molecular formula is C28H41N3O3. The van der Waals surface area contributed by atoms with E-state index in [2.05, 4.69) is 55.1 Å². The Morgan fingerprint density at radius 3 is 2.29 bits per heavy atom. The summed E-state index contributed by atoms with van der Waals surface area (Å²) in [6.45, 7) is 12.5. The second-order valence-electron chi connectivity index (χ2n) is 10.5. The molecule has 2 aromatic carbocycles. The number of urea groups is 1. The summed E-state index contributed by atoms with van der Waals surface area (Å²) in [4.78, 5) is 30.0. The number of amides is 3. The molecule has 6 heteroatoms. The van der Waals surface area contributed by atoms with Gasteiger partial charge in [0.2, 0.25) is 5.91 Å². The van der Waals surface area contributed by atoms with E-state index >= 15 is 0 Å². The van der Waals surface area contributed by atoms with Crippen LogP contribution in [-0.4, -0.2) is 24.1 Å². The Bertz CT molecular complexity index is 934. The number of hydrogen-bond donors (Lipinski definition) is 3. The highest BCUT2D eigenvalue weighted by atomic mass is 16.7. The zero-order chi connectivity index (χ0) is 25.2. The number of aryl methyl sites for hydroxylation is 1. The average molecular weight is 468 g/mol. The standard InChI is InChI=1S/C28H41N3O3/c1-7-11-21-14-15-23(22-12-9-8-10-13-22)24(20-21)30-26(33)29-19-18-28(5,6)17-16-25(32)31-34-27(2,3)4/h8-10,12-15,20H,7,11,16-19H2,1-6H3,(H,31,32)(H2,29,30,33). The molecule has 0 aliphatic rings. The summed E-state index contributed by atoms with van der Waals surface area (Å²) in [5.41, 5.74) is 6.07. The maximum absolute atomic E-state index is 12.7. The van der Waals surface area contributed by atoms with Crippen molar-refractivity contribution < 1.29 is 14.4 Å². The molecule has 0 aliphatic heterocycles. The minimum atomic E-state index is -0.418. The Kier molecular flexibility index (Phi) is 10.1. The molecule has 3 amide bonds. The lowest BCUT2D eigenvalue weighted by Crippen LogP contribution is -2.34. The van der Waals surface area contributed by atoms with Crippen molar-refractivity contribution in [1.29, 1.82) is 0 Å². The molecule has 0 aromatic heterocycles. The lowest BCUT2D eigenvalue weighted by Gasteiger charge is -2.25. The molecule has 0 unspecified atom stereocenters. The molecule has 0 saturated carbocycles. The van der Waals surface area contributed by atoms with Gasteiger partial charge in [-0.1, -0.05) is 69.7 Å². The fraction of sp³-hybridized carbons (Fsp3) is 0.500. The Labute approximate surface area is 204 Å². The Balaban J connectivity index is 1.89. The Morgan fingerprint density at radius 2 is 1.65 bits per heavy atom. The lowest BCUT2D eigenvalue weighted by molar-refractivity contribution is -0.146. The van der Waals surface area contributed by atoms with Gasteiger partial charge in [0.15, 0.2) is 0 Å². The first-order valence-electron chi connectivity index (χ1n) is 12.2. The normalized spacial score (nSPS) is 11.7. The van der Waals surface area contributed by atoms with Gasteiger partial charge in [0.1, 0.15) is 0 Å². The summed E-state index contributed by atoms with van der Waals surface area (Å²) in [6.07, 6.45) is 3.85. The van der Waals surface area contributed by atoms with E-state index in [1.807, 2.05) is 51.1 Å². The molecule has 3 N–H and O–H groups in total. The third-order valence-electron chi connectivity index (χ3n) is 5.54. The Hall–Kier alpha value is -2.86. The highest BCUT2D eigenvalue weighted by Crippen LogP contribution is 2.30. The molecule has 0 atom stereocenters. The molecule has 0 aliphatic carbocycles. The number of benzene rings is 2. The van der Waals surface area contributed by atoms with E-state index in [0.29, 0.717) is 19.4 Å². The molecule has 186 valence electrons. The monoisotopic (exact) mass is 467 g/mol. The second kappa shape index (κ2) is 12.6. The quantitative estimate of drug-likeness (QED) is 0.331. The number of nitrogens with one attached hydrogen (secondary N) is 3. The van der Waals surface area contributed by atoms with Crippen molar-refractivity contribution in [2.75, 3.05) is 11.9 Å². The van der Waals surface area contributed by atoms with Gasteiger partial charge in [-0.15, -0.1) is 0 Å². The summed E-state index contributed by atoms with van der Waals surface area (Å²) in [7, 11) is 0. The number of rotatable bonds is 11. The summed E-state index contributed by atoms with van der Waals surface area (Å²) in [5, 5.41) is 6.02. The van der Waals surface area contributed by atoms with Gasteiger partial charge in [-0.25, -0.2) is 10.3 Å². The van der Waals surface area contributed by atoms with Crippen LogP contribution >= 0.6 is 0 Å². The van der Waals surface area contributed by atoms with Crippen LogP contribution in [0.1, 0.15) is 72.8 Å². The predicted octanol–water partition coefficient (Wildman–Crippen LogP) is 6.47. The third kappa shape index (κ3) is 9.96. The number of carbonyl (C=O) groups excluding carboxylic acids is 2. The van der Waals surface area contributed by atoms with Crippen LogP contribution in [0.4, 0.5) is 10.5 Å². The zero-order valence-corrected chi connectivity index (χ0v) is 21.6. The predicted molar refractivity (Wildman–Crippen MR) is 140 cm³/mol. The van der Waals surface area contributed by atoms with Gasteiger partial charge in [-0.3, -0.25) is 9.63 Å². The van der Waals surface area contributed by atoms with Crippen LogP contribution < -0.4 is 16.1 Å². The molecule has 0 saturated heterocycles. The van der Waals surface area contributed by atoms with Crippen molar-refractivity contribution in [3.8, 4) is 11.1 Å². The van der Waals surface area contributed by atoms with E-state index < -0.39 is 5.60 Å².